The summed E-state index contributed by atoms with van der Waals surface area (Å²) in [6, 6.07) is 14.8. The fourth-order valence-corrected chi connectivity index (χ4v) is 1.58. The van der Waals surface area contributed by atoms with E-state index in [1.54, 1.807) is 19.2 Å². The zero-order valence-electron chi connectivity index (χ0n) is 10.7. The molecule has 2 rings (SSSR count). The molecule has 0 aliphatic rings. The number of rotatable bonds is 5. The fraction of sp³-hybridized carbons (Fsp3) is 0.125. The Morgan fingerprint density at radius 2 is 1.42 bits per heavy atom. The summed E-state index contributed by atoms with van der Waals surface area (Å²) in [7, 11) is 1.59. The van der Waals surface area contributed by atoms with Crippen LogP contribution in [0.2, 0.25) is 0 Å². The van der Waals surface area contributed by atoms with Crippen molar-refractivity contribution in [2.75, 3.05) is 13.9 Å². The molecule has 0 amide bonds. The van der Waals surface area contributed by atoms with E-state index in [0.29, 0.717) is 0 Å². The van der Waals surface area contributed by atoms with Crippen LogP contribution in [0, 0.1) is 0 Å². The molecule has 0 unspecified atom stereocenters. The quantitative estimate of drug-likeness (QED) is 0.657. The van der Waals surface area contributed by atoms with Crippen LogP contribution in [-0.4, -0.2) is 19.0 Å². The van der Waals surface area contributed by atoms with Crippen LogP contribution in [0.4, 0.5) is 0 Å². The number of hydrogen-bond donors (Lipinski definition) is 1. The molecular weight excluding hydrogens is 240 g/mol. The Hall–Kier alpha value is -2.26. The van der Waals surface area contributed by atoms with Gasteiger partial charge >= 0.3 is 0 Å². The highest BCUT2D eigenvalue weighted by atomic mass is 16.7. The van der Waals surface area contributed by atoms with Crippen molar-refractivity contribution < 1.29 is 14.6 Å². The maximum Gasteiger partial charge on any atom is 0.188 e. The van der Waals surface area contributed by atoms with Gasteiger partial charge in [-0.25, -0.2) is 0 Å². The van der Waals surface area contributed by atoms with Crippen molar-refractivity contribution >= 4 is 12.2 Å². The first-order valence-electron chi connectivity index (χ1n) is 5.97. The Bertz CT molecular complexity index is 527. The third-order valence-corrected chi connectivity index (χ3v) is 2.58. The highest BCUT2D eigenvalue weighted by Crippen LogP contribution is 2.15. The van der Waals surface area contributed by atoms with Gasteiger partial charge in [0.25, 0.3) is 0 Å². The average molecular weight is 256 g/mol. The molecule has 0 aromatic heterocycles. The van der Waals surface area contributed by atoms with Crippen LogP contribution in [-0.2, 0) is 4.74 Å². The monoisotopic (exact) mass is 256 g/mol. The van der Waals surface area contributed by atoms with Crippen molar-refractivity contribution in [1.82, 2.24) is 0 Å². The molecule has 0 fully saturated rings. The molecular formula is C16H16O3. The first-order chi connectivity index (χ1) is 9.28. The van der Waals surface area contributed by atoms with Gasteiger partial charge < -0.3 is 14.6 Å². The van der Waals surface area contributed by atoms with Crippen molar-refractivity contribution in [2.45, 2.75) is 0 Å². The summed E-state index contributed by atoms with van der Waals surface area (Å²) in [5, 5.41) is 9.20. The number of aromatic hydroxyl groups is 1. The number of ether oxygens (including phenoxy) is 2. The fourth-order valence-electron chi connectivity index (χ4n) is 1.58. The van der Waals surface area contributed by atoms with Gasteiger partial charge in [-0.3, -0.25) is 0 Å². The minimum absolute atomic E-state index is 0.253. The normalized spacial score (nSPS) is 10.8. The molecule has 0 spiro atoms. The highest BCUT2D eigenvalue weighted by Gasteiger charge is 1.93. The maximum absolute atomic E-state index is 9.20. The summed E-state index contributed by atoms with van der Waals surface area (Å²) in [6.45, 7) is 0.253. The van der Waals surface area contributed by atoms with Gasteiger partial charge in [-0.2, -0.15) is 0 Å². The number of phenols is 1. The van der Waals surface area contributed by atoms with E-state index in [2.05, 4.69) is 0 Å². The second-order valence-corrected chi connectivity index (χ2v) is 4.04. The van der Waals surface area contributed by atoms with Crippen molar-refractivity contribution in [1.29, 1.82) is 0 Å². The maximum atomic E-state index is 9.20. The Morgan fingerprint density at radius 3 is 1.95 bits per heavy atom. The highest BCUT2D eigenvalue weighted by molar-refractivity contribution is 5.70. The summed E-state index contributed by atoms with van der Waals surface area (Å²) in [5.41, 5.74) is 2.12. The lowest BCUT2D eigenvalue weighted by Crippen LogP contribution is -1.98. The Labute approximate surface area is 112 Å². The zero-order chi connectivity index (χ0) is 13.5. The largest absolute Gasteiger partial charge is 0.508 e. The van der Waals surface area contributed by atoms with Crippen molar-refractivity contribution in [3.8, 4) is 11.5 Å². The van der Waals surface area contributed by atoms with E-state index in [-0.39, 0.29) is 12.5 Å². The lowest BCUT2D eigenvalue weighted by atomic mass is 10.1. The van der Waals surface area contributed by atoms with Gasteiger partial charge in [0.05, 0.1) is 0 Å². The number of phenolic OH excluding ortho intramolecular Hbond substituents is 1. The van der Waals surface area contributed by atoms with Gasteiger partial charge in [-0.1, -0.05) is 36.4 Å². The SMILES string of the molecule is COCOc1ccc(/C=C/c2ccc(O)cc2)cc1. The standard InChI is InChI=1S/C16H16O3/c1-18-12-19-16-10-6-14(7-11-16)3-2-13-4-8-15(17)9-5-13/h2-11,17H,12H2,1H3/b3-2+. The van der Waals surface area contributed by atoms with E-state index in [0.717, 1.165) is 16.9 Å². The van der Waals surface area contributed by atoms with Gasteiger partial charge in [-0.05, 0) is 35.4 Å². The second kappa shape index (κ2) is 6.61. The predicted octanol–water partition coefficient (Wildman–Crippen LogP) is 3.55. The molecule has 2 aromatic carbocycles. The van der Waals surface area contributed by atoms with E-state index in [1.807, 2.05) is 48.6 Å². The van der Waals surface area contributed by atoms with Crippen LogP contribution in [0.1, 0.15) is 11.1 Å². The molecule has 1 N–H and O–H groups in total. The minimum atomic E-state index is 0.253. The summed E-state index contributed by atoms with van der Waals surface area (Å²) >= 11 is 0. The molecule has 0 radical (unpaired) electrons. The molecule has 98 valence electrons. The Kier molecular flexibility index (Phi) is 4.59. The van der Waals surface area contributed by atoms with Gasteiger partial charge in [0.15, 0.2) is 6.79 Å². The first kappa shape index (κ1) is 13.2. The molecule has 0 heterocycles. The third-order valence-electron chi connectivity index (χ3n) is 2.58. The van der Waals surface area contributed by atoms with E-state index in [4.69, 9.17) is 9.47 Å². The van der Waals surface area contributed by atoms with Gasteiger partial charge in [0.2, 0.25) is 0 Å². The van der Waals surface area contributed by atoms with Gasteiger partial charge in [0.1, 0.15) is 11.5 Å². The van der Waals surface area contributed by atoms with Gasteiger partial charge in [-0.15, -0.1) is 0 Å². The molecule has 3 heteroatoms. The first-order valence-corrected chi connectivity index (χ1v) is 5.97. The van der Waals surface area contributed by atoms with Crippen molar-refractivity contribution in [3.63, 3.8) is 0 Å². The van der Waals surface area contributed by atoms with E-state index < -0.39 is 0 Å². The molecule has 0 saturated carbocycles. The lowest BCUT2D eigenvalue weighted by molar-refractivity contribution is 0.0511. The van der Waals surface area contributed by atoms with Crippen molar-refractivity contribution in [2.24, 2.45) is 0 Å². The van der Waals surface area contributed by atoms with Crippen LogP contribution < -0.4 is 4.74 Å². The summed E-state index contributed by atoms with van der Waals surface area (Å²) in [5.74, 6) is 1.06. The van der Waals surface area contributed by atoms with Gasteiger partial charge in [0, 0.05) is 7.11 Å². The topological polar surface area (TPSA) is 38.7 Å². The molecule has 0 bridgehead atoms. The number of methoxy groups -OCH3 is 1. The van der Waals surface area contributed by atoms with Crippen LogP contribution >= 0.6 is 0 Å². The van der Waals surface area contributed by atoms with Crippen LogP contribution in [0.15, 0.2) is 48.5 Å². The smallest absolute Gasteiger partial charge is 0.188 e. The summed E-state index contributed by atoms with van der Waals surface area (Å²) < 4.78 is 10.1. The molecule has 2 aromatic rings. The summed E-state index contributed by atoms with van der Waals surface area (Å²) in [4.78, 5) is 0. The zero-order valence-corrected chi connectivity index (χ0v) is 10.7. The molecule has 0 aliphatic heterocycles. The van der Waals surface area contributed by atoms with Crippen LogP contribution in [0.3, 0.4) is 0 Å². The Balaban J connectivity index is 2.00. The number of benzene rings is 2. The minimum Gasteiger partial charge on any atom is -0.508 e. The van der Waals surface area contributed by atoms with E-state index in [9.17, 15) is 5.11 Å². The predicted molar refractivity (Wildman–Crippen MR) is 76.0 cm³/mol. The van der Waals surface area contributed by atoms with Crippen LogP contribution in [0.5, 0.6) is 11.5 Å². The molecule has 19 heavy (non-hydrogen) atoms. The van der Waals surface area contributed by atoms with E-state index in [1.165, 1.54) is 0 Å². The summed E-state index contributed by atoms with van der Waals surface area (Å²) in [6.07, 6.45) is 4.00. The van der Waals surface area contributed by atoms with E-state index >= 15 is 0 Å². The van der Waals surface area contributed by atoms with Crippen molar-refractivity contribution in [3.05, 3.63) is 59.7 Å². The average Bonchev–Trinajstić information content (AvgIpc) is 2.46. The third kappa shape index (κ3) is 4.16. The molecule has 0 aliphatic carbocycles. The molecule has 0 atom stereocenters. The van der Waals surface area contributed by atoms with Crippen LogP contribution in [0.25, 0.3) is 12.2 Å². The second-order valence-electron chi connectivity index (χ2n) is 4.04. The lowest BCUT2D eigenvalue weighted by Gasteiger charge is -2.04. The molecule has 0 saturated heterocycles. The Morgan fingerprint density at radius 1 is 0.895 bits per heavy atom. The molecule has 3 nitrogen and oxygen atoms in total. The number of hydrogen-bond acceptors (Lipinski definition) is 3.